The molecule has 2 rings (SSSR count). The monoisotopic (exact) mass is 279 g/mol. The van der Waals surface area contributed by atoms with Crippen molar-refractivity contribution in [2.75, 3.05) is 6.54 Å². The minimum atomic E-state index is 0.0580. The van der Waals surface area contributed by atoms with Gasteiger partial charge in [0.05, 0.1) is 10.9 Å². The van der Waals surface area contributed by atoms with Crippen molar-refractivity contribution < 1.29 is 4.79 Å². The van der Waals surface area contributed by atoms with Gasteiger partial charge in [0.25, 0.3) is 5.91 Å². The van der Waals surface area contributed by atoms with Gasteiger partial charge in [-0.3, -0.25) is 4.79 Å². The maximum atomic E-state index is 12.3. The van der Waals surface area contributed by atoms with E-state index in [0.717, 1.165) is 14.8 Å². The van der Waals surface area contributed by atoms with Crippen molar-refractivity contribution in [3.8, 4) is 0 Å². The van der Waals surface area contributed by atoms with Gasteiger partial charge in [-0.2, -0.15) is 0 Å². The van der Waals surface area contributed by atoms with Gasteiger partial charge in [-0.1, -0.05) is 29.8 Å². The lowest BCUT2D eigenvalue weighted by molar-refractivity contribution is 0.0754. The van der Waals surface area contributed by atoms with E-state index in [9.17, 15) is 4.79 Å². The Morgan fingerprint density at radius 1 is 1.22 bits per heavy atom. The lowest BCUT2D eigenvalue weighted by Gasteiger charge is -2.20. The van der Waals surface area contributed by atoms with E-state index in [1.807, 2.05) is 54.3 Å². The zero-order chi connectivity index (χ0) is 13.0. The summed E-state index contributed by atoms with van der Waals surface area (Å²) in [5.41, 5.74) is 0.724. The van der Waals surface area contributed by atoms with E-state index in [0.29, 0.717) is 13.1 Å². The van der Waals surface area contributed by atoms with Crippen molar-refractivity contribution in [1.82, 2.24) is 4.90 Å². The first-order chi connectivity index (χ1) is 8.70. The quantitative estimate of drug-likeness (QED) is 0.826. The molecule has 0 spiro atoms. The van der Waals surface area contributed by atoms with Crippen molar-refractivity contribution in [2.45, 2.75) is 13.5 Å². The molecular formula is C14H14ClNOS. The largest absolute Gasteiger partial charge is 0.334 e. The molecule has 0 fully saturated rings. The number of hydrogen-bond acceptors (Lipinski definition) is 2. The first kappa shape index (κ1) is 13.1. The molecule has 0 aliphatic heterocycles. The molecule has 0 saturated carbocycles. The van der Waals surface area contributed by atoms with E-state index >= 15 is 0 Å². The first-order valence-corrected chi connectivity index (χ1v) is 6.98. The minimum Gasteiger partial charge on any atom is -0.334 e. The molecule has 1 aromatic carbocycles. The molecule has 0 N–H and O–H groups in total. The number of thiophene rings is 1. The summed E-state index contributed by atoms with van der Waals surface area (Å²) < 4.78 is 0.758. The van der Waals surface area contributed by atoms with Gasteiger partial charge in [0.2, 0.25) is 0 Å². The highest BCUT2D eigenvalue weighted by atomic mass is 35.5. The predicted molar refractivity (Wildman–Crippen MR) is 76.2 cm³/mol. The molecule has 0 aliphatic rings. The van der Waals surface area contributed by atoms with Gasteiger partial charge in [0, 0.05) is 17.0 Å². The second-order valence-electron chi connectivity index (χ2n) is 3.89. The standard InChI is InChI=1S/C14H14ClNOS/c1-2-16(10-12-8-9-13(15)18-12)14(17)11-6-4-3-5-7-11/h3-9H,2,10H2,1H3. The van der Waals surface area contributed by atoms with Crippen molar-refractivity contribution in [1.29, 1.82) is 0 Å². The predicted octanol–water partition coefficient (Wildman–Crippen LogP) is 4.06. The number of hydrogen-bond donors (Lipinski definition) is 0. The zero-order valence-corrected chi connectivity index (χ0v) is 11.7. The van der Waals surface area contributed by atoms with E-state index in [1.165, 1.54) is 11.3 Å². The molecule has 2 nitrogen and oxygen atoms in total. The Bertz CT molecular complexity index is 524. The number of halogens is 1. The molecule has 4 heteroatoms. The summed E-state index contributed by atoms with van der Waals surface area (Å²) in [7, 11) is 0. The average Bonchev–Trinajstić information content (AvgIpc) is 2.82. The highest BCUT2D eigenvalue weighted by Crippen LogP contribution is 2.23. The van der Waals surface area contributed by atoms with E-state index < -0.39 is 0 Å². The summed E-state index contributed by atoms with van der Waals surface area (Å²) in [5.74, 6) is 0.0580. The Hall–Kier alpha value is -1.32. The van der Waals surface area contributed by atoms with Crippen LogP contribution in [0.25, 0.3) is 0 Å². The van der Waals surface area contributed by atoms with Crippen molar-refractivity contribution in [3.05, 3.63) is 57.2 Å². The smallest absolute Gasteiger partial charge is 0.254 e. The molecular weight excluding hydrogens is 266 g/mol. The summed E-state index contributed by atoms with van der Waals surface area (Å²) in [6.07, 6.45) is 0. The summed E-state index contributed by atoms with van der Waals surface area (Å²) in [4.78, 5) is 15.2. The lowest BCUT2D eigenvalue weighted by atomic mass is 10.2. The normalized spacial score (nSPS) is 10.3. The Balaban J connectivity index is 2.12. The Kier molecular flexibility index (Phi) is 4.39. The van der Waals surface area contributed by atoms with Gasteiger partial charge in [-0.05, 0) is 31.2 Å². The molecule has 0 bridgehead atoms. The van der Waals surface area contributed by atoms with Crippen LogP contribution in [0, 0.1) is 0 Å². The molecule has 0 unspecified atom stereocenters. The highest BCUT2D eigenvalue weighted by molar-refractivity contribution is 7.16. The first-order valence-electron chi connectivity index (χ1n) is 5.79. The van der Waals surface area contributed by atoms with E-state index in [4.69, 9.17) is 11.6 Å². The van der Waals surface area contributed by atoms with Crippen LogP contribution in [-0.4, -0.2) is 17.4 Å². The summed E-state index contributed by atoms with van der Waals surface area (Å²) in [6.45, 7) is 3.28. The second kappa shape index (κ2) is 6.03. The van der Waals surface area contributed by atoms with Crippen LogP contribution in [0.3, 0.4) is 0 Å². The van der Waals surface area contributed by atoms with Crippen LogP contribution in [0.2, 0.25) is 4.34 Å². The SMILES string of the molecule is CCN(Cc1ccc(Cl)s1)C(=O)c1ccccc1. The van der Waals surface area contributed by atoms with Crippen LogP contribution in [0.1, 0.15) is 22.2 Å². The number of nitrogens with zero attached hydrogens (tertiary/aromatic N) is 1. The lowest BCUT2D eigenvalue weighted by Crippen LogP contribution is -2.29. The van der Waals surface area contributed by atoms with Crippen LogP contribution in [0.15, 0.2) is 42.5 Å². The van der Waals surface area contributed by atoms with E-state index in [-0.39, 0.29) is 5.91 Å². The summed E-state index contributed by atoms with van der Waals surface area (Å²) in [5, 5.41) is 0. The molecule has 0 saturated heterocycles. The van der Waals surface area contributed by atoms with Gasteiger partial charge in [-0.15, -0.1) is 11.3 Å². The Morgan fingerprint density at radius 3 is 2.50 bits per heavy atom. The Labute approximate surface area is 116 Å². The number of amides is 1. The highest BCUT2D eigenvalue weighted by Gasteiger charge is 2.14. The number of carbonyl (C=O) groups excluding carboxylic acids is 1. The van der Waals surface area contributed by atoms with Gasteiger partial charge in [-0.25, -0.2) is 0 Å². The minimum absolute atomic E-state index is 0.0580. The molecule has 0 aliphatic carbocycles. The number of rotatable bonds is 4. The summed E-state index contributed by atoms with van der Waals surface area (Å²) in [6, 6.07) is 13.2. The molecule has 0 radical (unpaired) electrons. The van der Waals surface area contributed by atoms with E-state index in [1.54, 1.807) is 0 Å². The molecule has 18 heavy (non-hydrogen) atoms. The average molecular weight is 280 g/mol. The van der Waals surface area contributed by atoms with E-state index in [2.05, 4.69) is 0 Å². The Morgan fingerprint density at radius 2 is 1.94 bits per heavy atom. The third-order valence-corrected chi connectivity index (χ3v) is 3.88. The maximum Gasteiger partial charge on any atom is 0.254 e. The maximum absolute atomic E-state index is 12.3. The van der Waals surface area contributed by atoms with Crippen molar-refractivity contribution in [2.24, 2.45) is 0 Å². The van der Waals surface area contributed by atoms with Crippen LogP contribution in [-0.2, 0) is 6.54 Å². The summed E-state index contributed by atoms with van der Waals surface area (Å²) >= 11 is 7.41. The molecule has 1 heterocycles. The number of benzene rings is 1. The third kappa shape index (κ3) is 3.12. The van der Waals surface area contributed by atoms with Crippen LogP contribution in [0.4, 0.5) is 0 Å². The number of carbonyl (C=O) groups is 1. The molecule has 1 aromatic heterocycles. The van der Waals surface area contributed by atoms with Crippen molar-refractivity contribution >= 4 is 28.8 Å². The van der Waals surface area contributed by atoms with Crippen LogP contribution < -0.4 is 0 Å². The van der Waals surface area contributed by atoms with Crippen LogP contribution in [0.5, 0.6) is 0 Å². The zero-order valence-electron chi connectivity index (χ0n) is 10.1. The molecule has 1 amide bonds. The topological polar surface area (TPSA) is 20.3 Å². The van der Waals surface area contributed by atoms with Gasteiger partial charge >= 0.3 is 0 Å². The molecule has 2 aromatic rings. The fourth-order valence-electron chi connectivity index (χ4n) is 1.72. The van der Waals surface area contributed by atoms with Gasteiger partial charge < -0.3 is 4.90 Å². The molecule has 94 valence electrons. The van der Waals surface area contributed by atoms with Gasteiger partial charge in [0.1, 0.15) is 0 Å². The second-order valence-corrected chi connectivity index (χ2v) is 5.69. The van der Waals surface area contributed by atoms with Crippen molar-refractivity contribution in [3.63, 3.8) is 0 Å². The molecule has 0 atom stereocenters. The van der Waals surface area contributed by atoms with Crippen LogP contribution >= 0.6 is 22.9 Å². The fourth-order valence-corrected chi connectivity index (χ4v) is 2.82. The third-order valence-electron chi connectivity index (χ3n) is 2.67. The van der Waals surface area contributed by atoms with Gasteiger partial charge in [0.15, 0.2) is 0 Å². The fraction of sp³-hybridized carbons (Fsp3) is 0.214.